The molecule has 4 aromatic rings. The van der Waals surface area contributed by atoms with Gasteiger partial charge in [0.1, 0.15) is 5.75 Å². The van der Waals surface area contributed by atoms with Gasteiger partial charge in [-0.15, -0.1) is 0 Å². The summed E-state index contributed by atoms with van der Waals surface area (Å²) in [6, 6.07) is 19.4. The Morgan fingerprint density at radius 2 is 1.45 bits per heavy atom. The maximum atomic E-state index is 13.6. The Hall–Kier alpha value is -6.37. The molecule has 1 aliphatic carbocycles. The van der Waals surface area contributed by atoms with Crippen LogP contribution in [0.5, 0.6) is 46.0 Å². The minimum absolute atomic E-state index is 0.0758. The van der Waals surface area contributed by atoms with E-state index < -0.39 is 17.9 Å². The minimum atomic E-state index is -0.595. The number of methoxy groups -OCH3 is 5. The summed E-state index contributed by atoms with van der Waals surface area (Å²) in [6.07, 6.45) is 5.64. The summed E-state index contributed by atoms with van der Waals surface area (Å²) >= 11 is 0. The van der Waals surface area contributed by atoms with Crippen LogP contribution in [0.3, 0.4) is 0 Å². The lowest BCUT2D eigenvalue weighted by Gasteiger charge is -2.39. The van der Waals surface area contributed by atoms with Gasteiger partial charge in [0, 0.05) is 23.8 Å². The number of cyclic esters (lactones) is 1. The number of esters is 1. The summed E-state index contributed by atoms with van der Waals surface area (Å²) in [4.78, 5) is 39.7. The average molecular weight is 794 g/mol. The standard InChI is InChI=1S/C45H47NO12/c1-50-29-14-12-27(13-15-29)33(47)16-10-26-11-17-34(35(19-26)51-2)55-18-8-6-7-9-40(48)46-43-31-23-37-36(57-25-58-37)22-30(31)41(42-32(43)24-56-45(42)49)28-20-38(52-3)44(54-5)39(21-28)53-4/h10-17,19-23,32,41-43H,6-9,18,24-25H2,1-5H3,(H,46,48)/b16-10+/t32-,41+,42-,43+/m0/s1. The largest absolute Gasteiger partial charge is 0.497 e. The molecule has 0 unspecified atom stereocenters. The van der Waals surface area contributed by atoms with Gasteiger partial charge >= 0.3 is 5.97 Å². The fourth-order valence-electron chi connectivity index (χ4n) is 7.95. The van der Waals surface area contributed by atoms with Crippen molar-refractivity contribution >= 4 is 23.7 Å². The van der Waals surface area contributed by atoms with E-state index in [1.54, 1.807) is 58.8 Å². The predicted octanol–water partition coefficient (Wildman–Crippen LogP) is 7.09. The molecule has 304 valence electrons. The van der Waals surface area contributed by atoms with Gasteiger partial charge in [-0.25, -0.2) is 0 Å². The van der Waals surface area contributed by atoms with Crippen molar-refractivity contribution in [3.63, 3.8) is 0 Å². The fourth-order valence-corrected chi connectivity index (χ4v) is 7.95. The van der Waals surface area contributed by atoms with Crippen molar-refractivity contribution in [2.45, 2.75) is 37.6 Å². The van der Waals surface area contributed by atoms with Crippen molar-refractivity contribution in [1.29, 1.82) is 0 Å². The fraction of sp³-hybridized carbons (Fsp3) is 0.356. The second-order valence-corrected chi connectivity index (χ2v) is 14.1. The van der Waals surface area contributed by atoms with Crippen LogP contribution >= 0.6 is 0 Å². The molecule has 1 N–H and O–H groups in total. The summed E-state index contributed by atoms with van der Waals surface area (Å²) in [7, 11) is 7.78. The third kappa shape index (κ3) is 8.20. The van der Waals surface area contributed by atoms with Crippen LogP contribution in [0.4, 0.5) is 0 Å². The summed E-state index contributed by atoms with van der Waals surface area (Å²) in [5.74, 6) is 2.35. The first-order chi connectivity index (χ1) is 28.3. The van der Waals surface area contributed by atoms with Gasteiger partial charge in [-0.3, -0.25) is 14.4 Å². The quantitative estimate of drug-likeness (QED) is 0.0504. The number of allylic oxidation sites excluding steroid dienone is 1. The monoisotopic (exact) mass is 793 g/mol. The summed E-state index contributed by atoms with van der Waals surface area (Å²) in [6.45, 7) is 0.660. The Balaban J connectivity index is 0.977. The maximum absolute atomic E-state index is 13.6. The molecule has 4 aromatic carbocycles. The van der Waals surface area contributed by atoms with Gasteiger partial charge in [0.15, 0.2) is 40.3 Å². The van der Waals surface area contributed by atoms with Gasteiger partial charge in [0.25, 0.3) is 0 Å². The van der Waals surface area contributed by atoms with E-state index in [0.29, 0.717) is 77.4 Å². The Kier molecular flexibility index (Phi) is 12.3. The molecule has 0 bridgehead atoms. The number of rotatable bonds is 17. The molecule has 2 aliphatic heterocycles. The topological polar surface area (TPSA) is 146 Å². The lowest BCUT2D eigenvalue weighted by Crippen LogP contribution is -2.42. The molecule has 13 nitrogen and oxygen atoms in total. The van der Waals surface area contributed by atoms with Crippen LogP contribution in [0.1, 0.15) is 70.3 Å². The van der Waals surface area contributed by atoms with Crippen LogP contribution in [0, 0.1) is 11.8 Å². The first-order valence-electron chi connectivity index (χ1n) is 19.1. The minimum Gasteiger partial charge on any atom is -0.497 e. The first-order valence-corrected chi connectivity index (χ1v) is 19.1. The van der Waals surface area contributed by atoms with E-state index in [0.717, 1.165) is 28.7 Å². The van der Waals surface area contributed by atoms with Crippen molar-refractivity contribution in [3.8, 4) is 46.0 Å². The van der Waals surface area contributed by atoms with E-state index in [4.69, 9.17) is 42.6 Å². The molecule has 2 heterocycles. The number of hydrogen-bond acceptors (Lipinski definition) is 12. The van der Waals surface area contributed by atoms with Crippen LogP contribution in [-0.2, 0) is 14.3 Å². The summed E-state index contributed by atoms with van der Waals surface area (Å²) in [5.41, 5.74) is 3.79. The van der Waals surface area contributed by atoms with Crippen molar-refractivity contribution in [2.24, 2.45) is 11.8 Å². The molecule has 4 atom stereocenters. The van der Waals surface area contributed by atoms with Crippen LogP contribution < -0.4 is 43.2 Å². The van der Waals surface area contributed by atoms with E-state index in [2.05, 4.69) is 5.32 Å². The molecule has 3 aliphatic rings. The van der Waals surface area contributed by atoms with Gasteiger partial charge in [-0.05, 0) is 108 Å². The number of unbranched alkanes of at least 4 members (excludes halogenated alkanes) is 2. The molecule has 13 heteroatoms. The Morgan fingerprint density at radius 3 is 2.12 bits per heavy atom. The Morgan fingerprint density at radius 1 is 0.741 bits per heavy atom. The van der Waals surface area contributed by atoms with Gasteiger partial charge in [-0.1, -0.05) is 12.1 Å². The van der Waals surface area contributed by atoms with Crippen molar-refractivity contribution < 1.29 is 57.0 Å². The number of benzene rings is 4. The SMILES string of the molecule is COc1ccc(C(=O)/C=C/c2ccc(OCCCCCC(=O)N[C@@H]3c4cc5c(cc4[C@@H](c4cc(OC)c(OC)c(OC)c4)[C@H]4C(=O)OC[C@@H]43)OCO5)c(OC)c2)cc1. The molecule has 1 saturated heterocycles. The van der Waals surface area contributed by atoms with E-state index in [1.807, 2.05) is 42.5 Å². The molecular weight excluding hydrogens is 746 g/mol. The molecule has 0 radical (unpaired) electrons. The molecular formula is C45H47NO12. The van der Waals surface area contributed by atoms with Crippen molar-refractivity contribution in [2.75, 3.05) is 55.6 Å². The number of carbonyl (C=O) groups excluding carboxylic acids is 3. The van der Waals surface area contributed by atoms with Crippen LogP contribution in [0.25, 0.3) is 6.08 Å². The smallest absolute Gasteiger partial charge is 0.310 e. The molecule has 1 amide bonds. The highest BCUT2D eigenvalue weighted by atomic mass is 16.7. The summed E-state index contributed by atoms with van der Waals surface area (Å²) in [5, 5.41) is 3.25. The highest BCUT2D eigenvalue weighted by Gasteiger charge is 2.53. The normalized spacial score (nSPS) is 18.8. The van der Waals surface area contributed by atoms with Gasteiger partial charge in [0.2, 0.25) is 18.4 Å². The van der Waals surface area contributed by atoms with E-state index in [1.165, 1.54) is 13.2 Å². The molecule has 0 spiro atoms. The highest BCUT2D eigenvalue weighted by Crippen LogP contribution is 2.55. The van der Waals surface area contributed by atoms with Crippen molar-refractivity contribution in [3.05, 3.63) is 101 Å². The predicted molar refractivity (Wildman–Crippen MR) is 213 cm³/mol. The first kappa shape index (κ1) is 39.8. The zero-order valence-corrected chi connectivity index (χ0v) is 33.2. The number of ether oxygens (including phenoxy) is 9. The second kappa shape index (κ2) is 17.8. The summed E-state index contributed by atoms with van der Waals surface area (Å²) < 4.78 is 50.9. The van der Waals surface area contributed by atoms with Gasteiger partial charge in [0.05, 0.1) is 60.7 Å². The second-order valence-electron chi connectivity index (χ2n) is 14.1. The van der Waals surface area contributed by atoms with Crippen LogP contribution in [0.2, 0.25) is 0 Å². The third-order valence-corrected chi connectivity index (χ3v) is 10.8. The number of hydrogen-bond donors (Lipinski definition) is 1. The van der Waals surface area contributed by atoms with E-state index in [-0.39, 0.29) is 37.0 Å². The highest BCUT2D eigenvalue weighted by molar-refractivity contribution is 6.06. The zero-order valence-electron chi connectivity index (χ0n) is 33.2. The maximum Gasteiger partial charge on any atom is 0.310 e. The lowest BCUT2D eigenvalue weighted by molar-refractivity contribution is -0.141. The van der Waals surface area contributed by atoms with E-state index >= 15 is 0 Å². The lowest BCUT2D eigenvalue weighted by atomic mass is 9.65. The Labute approximate surface area is 337 Å². The number of fused-ring (bicyclic) bond motifs is 3. The molecule has 1 fully saturated rings. The number of ketones is 1. The average Bonchev–Trinajstić information content (AvgIpc) is 3.88. The molecule has 0 saturated carbocycles. The Bertz CT molecular complexity index is 2160. The number of nitrogens with one attached hydrogen (secondary N) is 1. The van der Waals surface area contributed by atoms with E-state index in [9.17, 15) is 14.4 Å². The molecule has 58 heavy (non-hydrogen) atoms. The zero-order chi connectivity index (χ0) is 40.8. The van der Waals surface area contributed by atoms with Gasteiger partial charge in [-0.2, -0.15) is 0 Å². The molecule has 0 aromatic heterocycles. The number of amides is 1. The van der Waals surface area contributed by atoms with Gasteiger partial charge < -0.3 is 47.9 Å². The third-order valence-electron chi connectivity index (χ3n) is 10.8. The van der Waals surface area contributed by atoms with Crippen LogP contribution in [-0.4, -0.2) is 73.2 Å². The van der Waals surface area contributed by atoms with Crippen LogP contribution in [0.15, 0.2) is 72.8 Å². The number of carbonyl (C=O) groups is 3. The van der Waals surface area contributed by atoms with Crippen molar-refractivity contribution in [1.82, 2.24) is 5.32 Å². The molecule has 7 rings (SSSR count).